The third-order valence-corrected chi connectivity index (χ3v) is 3.86. The second-order valence-corrected chi connectivity index (χ2v) is 5.57. The zero-order chi connectivity index (χ0) is 16.8. The summed E-state index contributed by atoms with van der Waals surface area (Å²) >= 11 is 0. The Morgan fingerprint density at radius 1 is 1.43 bits per heavy atom. The second kappa shape index (κ2) is 5.16. The number of rotatable bonds is 3. The number of aliphatic hydroxyl groups is 1. The van der Waals surface area contributed by atoms with Gasteiger partial charge in [-0.05, 0) is 25.0 Å². The van der Waals surface area contributed by atoms with Crippen LogP contribution < -0.4 is 10.2 Å². The molecular formula is C15H15F3N2O3. The standard InChI is InChI=1S/C15H15F3N2O3/c1-23-11-4-2-3-10(7-11)12-8-14(22,15(16,17)18)20(19-12)13(21)9-5-6-9/h2-4,7-9,19,22H,5-6H2,1H3. The highest BCUT2D eigenvalue weighted by Gasteiger charge is 2.62. The molecule has 0 aromatic heterocycles. The number of ether oxygens (including phenoxy) is 1. The maximum Gasteiger partial charge on any atom is 0.442 e. The Morgan fingerprint density at radius 3 is 2.70 bits per heavy atom. The molecule has 1 amide bonds. The van der Waals surface area contributed by atoms with Gasteiger partial charge in [-0.15, -0.1) is 0 Å². The van der Waals surface area contributed by atoms with Crippen LogP contribution in [-0.2, 0) is 4.79 Å². The topological polar surface area (TPSA) is 61.8 Å². The Kier molecular flexibility index (Phi) is 3.51. The SMILES string of the molecule is COc1cccc(C2=CC(O)(C(F)(F)F)N(C(=O)C3CC3)N2)c1. The van der Waals surface area contributed by atoms with Crippen molar-refractivity contribution in [2.24, 2.45) is 5.92 Å². The number of halogens is 3. The van der Waals surface area contributed by atoms with E-state index in [-0.39, 0.29) is 10.7 Å². The fourth-order valence-corrected chi connectivity index (χ4v) is 2.39. The Balaban J connectivity index is 1.99. The maximum absolute atomic E-state index is 13.3. The molecule has 3 rings (SSSR count). The van der Waals surface area contributed by atoms with Crippen molar-refractivity contribution >= 4 is 11.6 Å². The fraction of sp³-hybridized carbons (Fsp3) is 0.400. The molecule has 1 aromatic carbocycles. The van der Waals surface area contributed by atoms with E-state index in [2.05, 4.69) is 5.43 Å². The summed E-state index contributed by atoms with van der Waals surface area (Å²) in [6.45, 7) is 0. The average Bonchev–Trinajstić information content (AvgIpc) is 3.28. The number of methoxy groups -OCH3 is 1. The first kappa shape index (κ1) is 15.7. The number of carbonyl (C=O) groups is 1. The van der Waals surface area contributed by atoms with Crippen molar-refractivity contribution in [3.05, 3.63) is 35.9 Å². The van der Waals surface area contributed by atoms with Crippen molar-refractivity contribution in [3.8, 4) is 5.75 Å². The van der Waals surface area contributed by atoms with E-state index in [1.807, 2.05) is 0 Å². The van der Waals surface area contributed by atoms with Gasteiger partial charge in [0.15, 0.2) is 0 Å². The number of nitrogens with one attached hydrogen (secondary N) is 1. The normalized spacial score (nSPS) is 24.2. The first-order valence-electron chi connectivity index (χ1n) is 7.03. The summed E-state index contributed by atoms with van der Waals surface area (Å²) in [5, 5.41) is 10.4. The van der Waals surface area contributed by atoms with E-state index in [1.54, 1.807) is 18.2 Å². The molecule has 23 heavy (non-hydrogen) atoms. The van der Waals surface area contributed by atoms with Crippen molar-refractivity contribution in [1.29, 1.82) is 0 Å². The molecule has 1 heterocycles. The first-order chi connectivity index (χ1) is 10.8. The third-order valence-electron chi connectivity index (χ3n) is 3.86. The van der Waals surface area contributed by atoms with Crippen molar-refractivity contribution in [3.63, 3.8) is 0 Å². The van der Waals surface area contributed by atoms with Crippen molar-refractivity contribution < 1.29 is 27.8 Å². The molecule has 2 N–H and O–H groups in total. The molecule has 0 radical (unpaired) electrons. The molecule has 1 aliphatic carbocycles. The summed E-state index contributed by atoms with van der Waals surface area (Å²) in [5.74, 6) is -0.791. The van der Waals surface area contributed by atoms with E-state index in [0.717, 1.165) is 0 Å². The van der Waals surface area contributed by atoms with Crippen LogP contribution in [0.2, 0.25) is 0 Å². The Morgan fingerprint density at radius 2 is 2.13 bits per heavy atom. The maximum atomic E-state index is 13.3. The fourth-order valence-electron chi connectivity index (χ4n) is 2.39. The lowest BCUT2D eigenvalue weighted by Crippen LogP contribution is -2.60. The van der Waals surface area contributed by atoms with Crippen molar-refractivity contribution in [2.75, 3.05) is 7.11 Å². The van der Waals surface area contributed by atoms with Crippen LogP contribution in [0.4, 0.5) is 13.2 Å². The quantitative estimate of drug-likeness (QED) is 0.891. The van der Waals surface area contributed by atoms with E-state index >= 15 is 0 Å². The zero-order valence-electron chi connectivity index (χ0n) is 12.2. The summed E-state index contributed by atoms with van der Waals surface area (Å²) in [4.78, 5) is 12.1. The first-order valence-corrected chi connectivity index (χ1v) is 7.03. The van der Waals surface area contributed by atoms with Gasteiger partial charge in [0.2, 0.25) is 5.91 Å². The molecule has 0 saturated heterocycles. The van der Waals surface area contributed by atoms with Crippen LogP contribution in [0.5, 0.6) is 5.75 Å². The largest absolute Gasteiger partial charge is 0.497 e. The van der Waals surface area contributed by atoms with Gasteiger partial charge in [-0.3, -0.25) is 10.2 Å². The van der Waals surface area contributed by atoms with Crippen LogP contribution >= 0.6 is 0 Å². The van der Waals surface area contributed by atoms with Gasteiger partial charge in [0.05, 0.1) is 12.8 Å². The summed E-state index contributed by atoms with van der Waals surface area (Å²) in [6.07, 6.45) is -3.36. The molecule has 1 fully saturated rings. The molecule has 1 aromatic rings. The van der Waals surface area contributed by atoms with Crippen molar-refractivity contribution in [2.45, 2.75) is 24.7 Å². The number of amides is 1. The van der Waals surface area contributed by atoms with Crippen LogP contribution in [0.3, 0.4) is 0 Å². The number of carbonyl (C=O) groups excluding carboxylic acids is 1. The minimum Gasteiger partial charge on any atom is -0.497 e. The minimum atomic E-state index is -5.02. The number of hydrogen-bond donors (Lipinski definition) is 2. The molecule has 5 nitrogen and oxygen atoms in total. The number of alkyl halides is 3. The zero-order valence-corrected chi connectivity index (χ0v) is 12.2. The molecular weight excluding hydrogens is 313 g/mol. The van der Waals surface area contributed by atoms with Gasteiger partial charge >= 0.3 is 6.18 Å². The molecule has 1 unspecified atom stereocenters. The molecule has 0 spiro atoms. The predicted molar refractivity (Wildman–Crippen MR) is 74.7 cm³/mol. The highest BCUT2D eigenvalue weighted by molar-refractivity contribution is 5.85. The Labute approximate surface area is 130 Å². The van der Waals surface area contributed by atoms with Gasteiger partial charge in [0.25, 0.3) is 5.72 Å². The van der Waals surface area contributed by atoms with Crippen LogP contribution in [-0.4, -0.2) is 35.0 Å². The Hall–Kier alpha value is -2.22. The highest BCUT2D eigenvalue weighted by atomic mass is 19.4. The van der Waals surface area contributed by atoms with Gasteiger partial charge in [0.1, 0.15) is 5.75 Å². The van der Waals surface area contributed by atoms with Crippen LogP contribution in [0.25, 0.3) is 5.70 Å². The summed E-state index contributed by atoms with van der Waals surface area (Å²) in [6, 6.07) is 6.32. The molecule has 1 aliphatic heterocycles. The second-order valence-electron chi connectivity index (χ2n) is 5.57. The summed E-state index contributed by atoms with van der Waals surface area (Å²) in [5.41, 5.74) is -0.603. The summed E-state index contributed by atoms with van der Waals surface area (Å²) < 4.78 is 45.0. The smallest absolute Gasteiger partial charge is 0.442 e. The van der Waals surface area contributed by atoms with Crippen LogP contribution in [0, 0.1) is 5.92 Å². The van der Waals surface area contributed by atoms with Gasteiger partial charge < -0.3 is 9.84 Å². The number of benzene rings is 1. The van der Waals surface area contributed by atoms with Crippen LogP contribution in [0.1, 0.15) is 18.4 Å². The van der Waals surface area contributed by atoms with E-state index in [9.17, 15) is 23.1 Å². The van der Waals surface area contributed by atoms with Crippen molar-refractivity contribution in [1.82, 2.24) is 10.4 Å². The van der Waals surface area contributed by atoms with Gasteiger partial charge in [-0.25, -0.2) is 5.01 Å². The lowest BCUT2D eigenvalue weighted by atomic mass is 10.1. The van der Waals surface area contributed by atoms with Gasteiger partial charge in [-0.2, -0.15) is 13.2 Å². The van der Waals surface area contributed by atoms with E-state index in [1.165, 1.54) is 13.2 Å². The molecule has 1 atom stereocenters. The lowest BCUT2D eigenvalue weighted by Gasteiger charge is -2.33. The Bertz CT molecular complexity index is 670. The van der Waals surface area contributed by atoms with E-state index in [4.69, 9.17) is 4.74 Å². The van der Waals surface area contributed by atoms with Gasteiger partial charge in [0, 0.05) is 17.6 Å². The van der Waals surface area contributed by atoms with Gasteiger partial charge in [-0.1, -0.05) is 12.1 Å². The predicted octanol–water partition coefficient (Wildman–Crippen LogP) is 2.04. The monoisotopic (exact) mass is 328 g/mol. The van der Waals surface area contributed by atoms with E-state index in [0.29, 0.717) is 30.2 Å². The lowest BCUT2D eigenvalue weighted by molar-refractivity contribution is -0.289. The number of nitrogens with zero attached hydrogens (tertiary/aromatic N) is 1. The average molecular weight is 328 g/mol. The molecule has 0 bridgehead atoms. The van der Waals surface area contributed by atoms with E-state index < -0.39 is 23.7 Å². The highest BCUT2D eigenvalue weighted by Crippen LogP contribution is 2.43. The molecule has 8 heteroatoms. The number of hydrazine groups is 1. The third kappa shape index (κ3) is 2.63. The molecule has 2 aliphatic rings. The van der Waals surface area contributed by atoms with Crippen LogP contribution in [0.15, 0.2) is 30.3 Å². The molecule has 1 saturated carbocycles. The molecule has 124 valence electrons. The number of hydrogen-bond acceptors (Lipinski definition) is 4. The minimum absolute atomic E-state index is 0.00211. The summed E-state index contributed by atoms with van der Waals surface area (Å²) in [7, 11) is 1.44.